The standard InChI is InChI=1S/C13H15Cl2N3O/c1-9(2)18-13(16-8-17-18)7-19-12-5-3-4-11(15)10(12)6-14/h3-5,8-9H,6-7H2,1-2H3. The van der Waals surface area contributed by atoms with Crippen LogP contribution in [0.15, 0.2) is 24.5 Å². The molecule has 0 bridgehead atoms. The summed E-state index contributed by atoms with van der Waals surface area (Å²) in [7, 11) is 0. The van der Waals surface area contributed by atoms with Crippen LogP contribution in [0.1, 0.15) is 31.3 Å². The van der Waals surface area contributed by atoms with Gasteiger partial charge in [0.15, 0.2) is 5.82 Å². The smallest absolute Gasteiger partial charge is 0.165 e. The third-order valence-electron chi connectivity index (χ3n) is 2.70. The first-order chi connectivity index (χ1) is 9.13. The molecule has 0 unspecified atom stereocenters. The molecule has 4 nitrogen and oxygen atoms in total. The summed E-state index contributed by atoms with van der Waals surface area (Å²) in [5.41, 5.74) is 0.793. The summed E-state index contributed by atoms with van der Waals surface area (Å²) >= 11 is 12.0. The van der Waals surface area contributed by atoms with Crippen LogP contribution in [0.2, 0.25) is 5.02 Å². The predicted octanol–water partition coefficient (Wildman–Crippen LogP) is 3.83. The largest absolute Gasteiger partial charge is 0.485 e. The summed E-state index contributed by atoms with van der Waals surface area (Å²) in [6, 6.07) is 5.72. The summed E-state index contributed by atoms with van der Waals surface area (Å²) in [6.07, 6.45) is 1.53. The van der Waals surface area contributed by atoms with E-state index in [9.17, 15) is 0 Å². The molecular weight excluding hydrogens is 285 g/mol. The van der Waals surface area contributed by atoms with E-state index >= 15 is 0 Å². The Morgan fingerprint density at radius 2 is 2.16 bits per heavy atom. The zero-order valence-corrected chi connectivity index (χ0v) is 12.3. The number of nitrogens with zero attached hydrogens (tertiary/aromatic N) is 3. The molecule has 0 radical (unpaired) electrons. The molecule has 6 heteroatoms. The summed E-state index contributed by atoms with van der Waals surface area (Å²) in [5, 5.41) is 4.77. The van der Waals surface area contributed by atoms with Gasteiger partial charge < -0.3 is 4.74 Å². The second-order valence-corrected chi connectivity index (χ2v) is 5.03. The first-order valence-corrected chi connectivity index (χ1v) is 6.89. The number of halogens is 2. The van der Waals surface area contributed by atoms with E-state index in [1.165, 1.54) is 6.33 Å². The molecule has 0 aliphatic carbocycles. The minimum atomic E-state index is 0.243. The van der Waals surface area contributed by atoms with E-state index in [0.717, 1.165) is 11.4 Å². The average Bonchev–Trinajstić information content (AvgIpc) is 2.84. The summed E-state index contributed by atoms with van der Waals surface area (Å²) in [6.45, 7) is 4.42. The van der Waals surface area contributed by atoms with Crippen LogP contribution in [0, 0.1) is 0 Å². The fraction of sp³-hybridized carbons (Fsp3) is 0.385. The Balaban J connectivity index is 2.15. The van der Waals surface area contributed by atoms with Crippen LogP contribution < -0.4 is 4.74 Å². The molecule has 1 aromatic carbocycles. The van der Waals surface area contributed by atoms with E-state index in [1.54, 1.807) is 6.07 Å². The number of aromatic nitrogens is 3. The molecule has 0 aliphatic heterocycles. The summed E-state index contributed by atoms with van der Waals surface area (Å²) < 4.78 is 7.58. The Hall–Kier alpha value is -1.26. The topological polar surface area (TPSA) is 39.9 Å². The van der Waals surface area contributed by atoms with E-state index in [0.29, 0.717) is 23.3 Å². The molecule has 0 spiro atoms. The highest BCUT2D eigenvalue weighted by Crippen LogP contribution is 2.28. The van der Waals surface area contributed by atoms with Gasteiger partial charge in [-0.2, -0.15) is 5.10 Å². The summed E-state index contributed by atoms with van der Waals surface area (Å²) in [5.74, 6) is 1.77. The molecule has 0 saturated carbocycles. The lowest BCUT2D eigenvalue weighted by molar-refractivity contribution is 0.280. The van der Waals surface area contributed by atoms with Gasteiger partial charge in [0, 0.05) is 16.6 Å². The molecule has 0 aliphatic rings. The zero-order valence-electron chi connectivity index (χ0n) is 10.8. The maximum absolute atomic E-state index is 6.07. The fourth-order valence-corrected chi connectivity index (χ4v) is 2.33. The van der Waals surface area contributed by atoms with Crippen molar-refractivity contribution >= 4 is 23.2 Å². The van der Waals surface area contributed by atoms with Gasteiger partial charge in [-0.3, -0.25) is 0 Å². The van der Waals surface area contributed by atoms with Gasteiger partial charge in [-0.05, 0) is 26.0 Å². The normalized spacial score (nSPS) is 11.0. The lowest BCUT2D eigenvalue weighted by atomic mass is 10.2. The number of hydrogen-bond donors (Lipinski definition) is 0. The first kappa shape index (κ1) is 14.2. The summed E-state index contributed by atoms with van der Waals surface area (Å²) in [4.78, 5) is 4.19. The number of rotatable bonds is 5. The number of alkyl halides is 1. The molecule has 19 heavy (non-hydrogen) atoms. The number of ether oxygens (including phenoxy) is 1. The van der Waals surface area contributed by atoms with E-state index in [2.05, 4.69) is 10.1 Å². The van der Waals surface area contributed by atoms with Crippen LogP contribution in [-0.2, 0) is 12.5 Å². The number of benzene rings is 1. The molecule has 102 valence electrons. The highest BCUT2D eigenvalue weighted by atomic mass is 35.5. The van der Waals surface area contributed by atoms with Gasteiger partial charge in [-0.1, -0.05) is 17.7 Å². The van der Waals surface area contributed by atoms with Crippen molar-refractivity contribution in [3.63, 3.8) is 0 Å². The molecule has 0 amide bonds. The van der Waals surface area contributed by atoms with Gasteiger partial charge in [0.2, 0.25) is 0 Å². The third-order valence-corrected chi connectivity index (χ3v) is 3.32. The van der Waals surface area contributed by atoms with Gasteiger partial charge in [0.05, 0.1) is 5.88 Å². The minimum absolute atomic E-state index is 0.243. The van der Waals surface area contributed by atoms with Crippen LogP contribution in [0.3, 0.4) is 0 Å². The molecule has 2 aromatic rings. The predicted molar refractivity (Wildman–Crippen MR) is 75.7 cm³/mol. The highest BCUT2D eigenvalue weighted by molar-refractivity contribution is 6.32. The Bertz CT molecular complexity index is 555. The minimum Gasteiger partial charge on any atom is -0.485 e. The number of hydrogen-bond acceptors (Lipinski definition) is 3. The molecule has 0 fully saturated rings. The Kier molecular flexibility index (Phi) is 4.66. The lowest BCUT2D eigenvalue weighted by Gasteiger charge is -2.13. The molecule has 1 aromatic heterocycles. The third kappa shape index (κ3) is 3.19. The fourth-order valence-electron chi connectivity index (χ4n) is 1.75. The SMILES string of the molecule is CC(C)n1ncnc1COc1cccc(Cl)c1CCl. The lowest BCUT2D eigenvalue weighted by Crippen LogP contribution is -2.11. The van der Waals surface area contributed by atoms with Crippen molar-refractivity contribution in [2.75, 3.05) is 0 Å². The van der Waals surface area contributed by atoms with Gasteiger partial charge in [0.25, 0.3) is 0 Å². The van der Waals surface area contributed by atoms with Crippen molar-refractivity contribution in [2.24, 2.45) is 0 Å². The monoisotopic (exact) mass is 299 g/mol. The molecular formula is C13H15Cl2N3O. The second kappa shape index (κ2) is 6.26. The zero-order chi connectivity index (χ0) is 13.8. The molecule has 0 atom stereocenters. The van der Waals surface area contributed by atoms with Crippen molar-refractivity contribution in [2.45, 2.75) is 32.4 Å². The van der Waals surface area contributed by atoms with Gasteiger partial charge >= 0.3 is 0 Å². The average molecular weight is 300 g/mol. The van der Waals surface area contributed by atoms with E-state index in [1.807, 2.05) is 30.7 Å². The Morgan fingerprint density at radius 3 is 2.84 bits per heavy atom. The molecule has 2 rings (SSSR count). The Labute approximate surface area is 122 Å². The quantitative estimate of drug-likeness (QED) is 0.788. The highest BCUT2D eigenvalue weighted by Gasteiger charge is 2.11. The first-order valence-electron chi connectivity index (χ1n) is 5.98. The van der Waals surface area contributed by atoms with Crippen LogP contribution in [0.4, 0.5) is 0 Å². The van der Waals surface area contributed by atoms with Crippen molar-refractivity contribution in [3.8, 4) is 5.75 Å². The molecule has 1 heterocycles. The van der Waals surface area contributed by atoms with E-state index in [4.69, 9.17) is 27.9 Å². The maximum Gasteiger partial charge on any atom is 0.165 e. The molecule has 0 saturated heterocycles. The van der Waals surface area contributed by atoms with Crippen LogP contribution in [0.25, 0.3) is 0 Å². The van der Waals surface area contributed by atoms with E-state index < -0.39 is 0 Å². The van der Waals surface area contributed by atoms with Crippen molar-refractivity contribution in [3.05, 3.63) is 40.9 Å². The van der Waals surface area contributed by atoms with Crippen molar-refractivity contribution < 1.29 is 4.74 Å². The van der Waals surface area contributed by atoms with Crippen LogP contribution in [-0.4, -0.2) is 14.8 Å². The van der Waals surface area contributed by atoms with Crippen LogP contribution in [0.5, 0.6) is 5.75 Å². The van der Waals surface area contributed by atoms with Crippen molar-refractivity contribution in [1.82, 2.24) is 14.8 Å². The van der Waals surface area contributed by atoms with Gasteiger partial charge in [0.1, 0.15) is 18.7 Å². The maximum atomic E-state index is 6.07. The Morgan fingerprint density at radius 1 is 1.37 bits per heavy atom. The van der Waals surface area contributed by atoms with Gasteiger partial charge in [-0.25, -0.2) is 9.67 Å². The van der Waals surface area contributed by atoms with Gasteiger partial charge in [-0.15, -0.1) is 11.6 Å². The molecule has 0 N–H and O–H groups in total. The van der Waals surface area contributed by atoms with Crippen molar-refractivity contribution in [1.29, 1.82) is 0 Å². The van der Waals surface area contributed by atoms with E-state index in [-0.39, 0.29) is 6.04 Å². The van der Waals surface area contributed by atoms with Crippen LogP contribution >= 0.6 is 23.2 Å². The second-order valence-electron chi connectivity index (χ2n) is 4.35.